The lowest BCUT2D eigenvalue weighted by atomic mass is 10.2. The molecule has 0 heterocycles. The summed E-state index contributed by atoms with van der Waals surface area (Å²) in [5.41, 5.74) is 7.10. The highest BCUT2D eigenvalue weighted by molar-refractivity contribution is 5.94. The normalized spacial score (nSPS) is 9.62. The molecule has 2 amide bonds. The average Bonchev–Trinajstić information content (AvgIpc) is 2.26. The summed E-state index contributed by atoms with van der Waals surface area (Å²) in [4.78, 5) is 22.0. The predicted octanol–water partition coefficient (Wildman–Crippen LogP) is 0.220. The lowest BCUT2D eigenvalue weighted by Gasteiger charge is -2.06. The van der Waals surface area contributed by atoms with Crippen molar-refractivity contribution in [2.24, 2.45) is 5.73 Å². The largest absolute Gasteiger partial charge is 0.347 e. The van der Waals surface area contributed by atoms with Gasteiger partial charge < -0.3 is 16.4 Å². The van der Waals surface area contributed by atoms with E-state index >= 15 is 0 Å². The molecule has 0 aromatic heterocycles. The summed E-state index contributed by atoms with van der Waals surface area (Å²) in [6, 6.07) is 7.26. The molecule has 0 saturated heterocycles. The van der Waals surface area contributed by atoms with E-state index in [9.17, 15) is 9.59 Å². The van der Waals surface area contributed by atoms with E-state index in [2.05, 4.69) is 10.6 Å². The van der Waals surface area contributed by atoms with Crippen LogP contribution in [0.2, 0.25) is 0 Å². The SMILES string of the molecule is CC(=O)NCC(=O)Nc1cccc(CN)c1. The van der Waals surface area contributed by atoms with Crippen molar-refractivity contribution in [3.63, 3.8) is 0 Å². The van der Waals surface area contributed by atoms with Crippen molar-refractivity contribution >= 4 is 17.5 Å². The molecule has 4 N–H and O–H groups in total. The summed E-state index contributed by atoms with van der Waals surface area (Å²) in [6.07, 6.45) is 0. The maximum absolute atomic E-state index is 11.4. The van der Waals surface area contributed by atoms with Crippen LogP contribution in [0.3, 0.4) is 0 Å². The number of hydrogen-bond acceptors (Lipinski definition) is 3. The van der Waals surface area contributed by atoms with Crippen molar-refractivity contribution in [3.8, 4) is 0 Å². The Morgan fingerprint density at radius 2 is 2.12 bits per heavy atom. The number of hydrogen-bond donors (Lipinski definition) is 3. The van der Waals surface area contributed by atoms with Gasteiger partial charge in [0.05, 0.1) is 6.54 Å². The molecule has 16 heavy (non-hydrogen) atoms. The van der Waals surface area contributed by atoms with Crippen molar-refractivity contribution in [2.75, 3.05) is 11.9 Å². The van der Waals surface area contributed by atoms with E-state index in [1.165, 1.54) is 6.92 Å². The van der Waals surface area contributed by atoms with Gasteiger partial charge in [-0.25, -0.2) is 0 Å². The maximum atomic E-state index is 11.4. The smallest absolute Gasteiger partial charge is 0.243 e. The van der Waals surface area contributed by atoms with Crippen LogP contribution in [0.15, 0.2) is 24.3 Å². The number of rotatable bonds is 4. The van der Waals surface area contributed by atoms with E-state index in [1.54, 1.807) is 12.1 Å². The van der Waals surface area contributed by atoms with E-state index in [1.807, 2.05) is 12.1 Å². The zero-order chi connectivity index (χ0) is 12.0. The van der Waals surface area contributed by atoms with Gasteiger partial charge in [0.25, 0.3) is 0 Å². The number of amides is 2. The first-order valence-corrected chi connectivity index (χ1v) is 4.95. The van der Waals surface area contributed by atoms with Crippen molar-refractivity contribution in [1.29, 1.82) is 0 Å². The van der Waals surface area contributed by atoms with E-state index < -0.39 is 0 Å². The molecule has 5 nitrogen and oxygen atoms in total. The topological polar surface area (TPSA) is 84.2 Å². The molecule has 1 aromatic carbocycles. The summed E-state index contributed by atoms with van der Waals surface area (Å²) < 4.78 is 0. The molecule has 0 saturated carbocycles. The summed E-state index contributed by atoms with van der Waals surface area (Å²) in [5, 5.41) is 5.08. The van der Waals surface area contributed by atoms with Crippen LogP contribution in [0.1, 0.15) is 12.5 Å². The molecular formula is C11H15N3O2. The lowest BCUT2D eigenvalue weighted by Crippen LogP contribution is -2.31. The molecule has 0 bridgehead atoms. The Morgan fingerprint density at radius 3 is 2.75 bits per heavy atom. The minimum Gasteiger partial charge on any atom is -0.347 e. The fourth-order valence-electron chi connectivity index (χ4n) is 1.19. The molecule has 0 fully saturated rings. The van der Waals surface area contributed by atoms with Crippen molar-refractivity contribution in [2.45, 2.75) is 13.5 Å². The van der Waals surface area contributed by atoms with Gasteiger partial charge in [-0.2, -0.15) is 0 Å². The quantitative estimate of drug-likeness (QED) is 0.680. The standard InChI is InChI=1S/C11H15N3O2/c1-8(15)13-7-11(16)14-10-4-2-3-9(5-10)6-12/h2-5H,6-7,12H2,1H3,(H,13,15)(H,14,16). The van der Waals surface area contributed by atoms with E-state index in [-0.39, 0.29) is 18.4 Å². The minimum atomic E-state index is -0.260. The van der Waals surface area contributed by atoms with E-state index in [4.69, 9.17) is 5.73 Å². The number of carbonyl (C=O) groups excluding carboxylic acids is 2. The highest BCUT2D eigenvalue weighted by atomic mass is 16.2. The second-order valence-corrected chi connectivity index (χ2v) is 3.36. The van der Waals surface area contributed by atoms with Gasteiger partial charge in [-0.3, -0.25) is 9.59 Å². The molecule has 0 spiro atoms. The Balaban J connectivity index is 2.52. The summed E-state index contributed by atoms with van der Waals surface area (Å²) >= 11 is 0. The van der Waals surface area contributed by atoms with Crippen molar-refractivity contribution in [1.82, 2.24) is 5.32 Å². The highest BCUT2D eigenvalue weighted by Crippen LogP contribution is 2.09. The molecule has 5 heteroatoms. The van der Waals surface area contributed by atoms with E-state index in [0.29, 0.717) is 12.2 Å². The first kappa shape index (κ1) is 12.2. The van der Waals surface area contributed by atoms with Gasteiger partial charge in [0.1, 0.15) is 0 Å². The van der Waals surface area contributed by atoms with Gasteiger partial charge in [0.15, 0.2) is 0 Å². The van der Waals surface area contributed by atoms with Gasteiger partial charge in [0, 0.05) is 19.2 Å². The zero-order valence-corrected chi connectivity index (χ0v) is 9.12. The molecule has 0 unspecified atom stereocenters. The second kappa shape index (κ2) is 5.87. The van der Waals surface area contributed by atoms with Crippen LogP contribution in [0.25, 0.3) is 0 Å². The summed E-state index contributed by atoms with van der Waals surface area (Å²) in [5.74, 6) is -0.491. The number of benzene rings is 1. The Labute approximate surface area is 94.0 Å². The average molecular weight is 221 g/mol. The molecule has 0 aliphatic carbocycles. The summed E-state index contributed by atoms with van der Waals surface area (Å²) in [7, 11) is 0. The van der Waals surface area contributed by atoms with Gasteiger partial charge in [-0.15, -0.1) is 0 Å². The third-order valence-corrected chi connectivity index (χ3v) is 1.94. The van der Waals surface area contributed by atoms with Crippen LogP contribution in [0, 0.1) is 0 Å². The third-order valence-electron chi connectivity index (χ3n) is 1.94. The van der Waals surface area contributed by atoms with Gasteiger partial charge in [-0.05, 0) is 17.7 Å². The highest BCUT2D eigenvalue weighted by Gasteiger charge is 2.02. The Hall–Kier alpha value is -1.88. The summed E-state index contributed by atoms with van der Waals surface area (Å²) in [6.45, 7) is 1.76. The van der Waals surface area contributed by atoms with Gasteiger partial charge in [-0.1, -0.05) is 12.1 Å². The third kappa shape index (κ3) is 4.10. The van der Waals surface area contributed by atoms with Crippen LogP contribution in [0.5, 0.6) is 0 Å². The lowest BCUT2D eigenvalue weighted by molar-refractivity contribution is -0.122. The molecule has 0 aliphatic heterocycles. The first-order valence-electron chi connectivity index (χ1n) is 4.95. The van der Waals surface area contributed by atoms with Crippen LogP contribution < -0.4 is 16.4 Å². The van der Waals surface area contributed by atoms with Crippen molar-refractivity contribution in [3.05, 3.63) is 29.8 Å². The molecule has 0 radical (unpaired) electrons. The minimum absolute atomic E-state index is 0.0256. The fraction of sp³-hybridized carbons (Fsp3) is 0.273. The number of nitrogens with one attached hydrogen (secondary N) is 2. The van der Waals surface area contributed by atoms with Gasteiger partial charge >= 0.3 is 0 Å². The molecule has 0 atom stereocenters. The Kier molecular flexibility index (Phi) is 4.47. The first-order chi connectivity index (χ1) is 7.61. The van der Waals surface area contributed by atoms with Crippen LogP contribution in [0.4, 0.5) is 5.69 Å². The number of carbonyl (C=O) groups is 2. The molecule has 1 rings (SSSR count). The monoisotopic (exact) mass is 221 g/mol. The maximum Gasteiger partial charge on any atom is 0.243 e. The van der Waals surface area contributed by atoms with Gasteiger partial charge in [0.2, 0.25) is 11.8 Å². The predicted molar refractivity (Wildman–Crippen MR) is 61.6 cm³/mol. The molecular weight excluding hydrogens is 206 g/mol. The number of anilines is 1. The van der Waals surface area contributed by atoms with E-state index in [0.717, 1.165) is 5.56 Å². The van der Waals surface area contributed by atoms with Crippen LogP contribution in [-0.2, 0) is 16.1 Å². The molecule has 0 aliphatic rings. The number of nitrogens with two attached hydrogens (primary N) is 1. The molecule has 86 valence electrons. The van der Waals surface area contributed by atoms with Crippen LogP contribution in [-0.4, -0.2) is 18.4 Å². The Bertz CT molecular complexity index is 391. The molecule has 1 aromatic rings. The zero-order valence-electron chi connectivity index (χ0n) is 9.12. The fourth-order valence-corrected chi connectivity index (χ4v) is 1.19. The second-order valence-electron chi connectivity index (χ2n) is 3.36. The Morgan fingerprint density at radius 1 is 1.38 bits per heavy atom. The van der Waals surface area contributed by atoms with Crippen molar-refractivity contribution < 1.29 is 9.59 Å². The van der Waals surface area contributed by atoms with Crippen LogP contribution >= 0.6 is 0 Å².